The van der Waals surface area contributed by atoms with Gasteiger partial charge in [-0.25, -0.2) is 0 Å². The van der Waals surface area contributed by atoms with E-state index in [0.29, 0.717) is 0 Å². The molecule has 3 heteroatoms. The topological polar surface area (TPSA) is 36.4 Å². The van der Waals surface area contributed by atoms with Crippen molar-refractivity contribution in [2.45, 2.75) is 45.1 Å². The second kappa shape index (κ2) is 4.65. The molecule has 17 heavy (non-hydrogen) atoms. The highest BCUT2D eigenvalue weighted by molar-refractivity contribution is 5.45. The molecule has 1 aliphatic rings. The van der Waals surface area contributed by atoms with Crippen LogP contribution in [0.4, 0.5) is 5.69 Å². The maximum Gasteiger partial charge on any atom is 0.0574 e. The Bertz CT molecular complexity index is 359. The van der Waals surface area contributed by atoms with Crippen LogP contribution in [0.5, 0.6) is 0 Å². The van der Waals surface area contributed by atoms with Gasteiger partial charge in [-0.05, 0) is 25.0 Å². The van der Waals surface area contributed by atoms with Crippen LogP contribution in [-0.4, -0.2) is 29.3 Å². The first-order valence-electron chi connectivity index (χ1n) is 6.36. The van der Waals surface area contributed by atoms with Gasteiger partial charge in [0.15, 0.2) is 0 Å². The van der Waals surface area contributed by atoms with Gasteiger partial charge >= 0.3 is 0 Å². The molecule has 0 aromatic carbocycles. The smallest absolute Gasteiger partial charge is 0.0574 e. The third-order valence-corrected chi connectivity index (χ3v) is 3.35. The van der Waals surface area contributed by atoms with Gasteiger partial charge in [-0.15, -0.1) is 0 Å². The van der Waals surface area contributed by atoms with E-state index in [0.717, 1.165) is 31.6 Å². The van der Waals surface area contributed by atoms with Crippen LogP contribution in [-0.2, 0) is 5.41 Å². The van der Waals surface area contributed by atoms with E-state index in [2.05, 4.69) is 42.8 Å². The lowest BCUT2D eigenvalue weighted by Crippen LogP contribution is -2.35. The van der Waals surface area contributed by atoms with E-state index in [9.17, 15) is 5.11 Å². The number of hydrogen-bond donors (Lipinski definition) is 1. The van der Waals surface area contributed by atoms with Crippen LogP contribution >= 0.6 is 0 Å². The molecule has 0 saturated carbocycles. The van der Waals surface area contributed by atoms with E-state index in [4.69, 9.17) is 0 Å². The number of nitrogens with zero attached hydrogens (tertiary/aromatic N) is 2. The van der Waals surface area contributed by atoms with Crippen molar-refractivity contribution in [3.63, 3.8) is 0 Å². The molecule has 0 spiro atoms. The number of pyridine rings is 1. The lowest BCUT2D eigenvalue weighted by molar-refractivity contribution is 0.145. The molecule has 1 N–H and O–H groups in total. The van der Waals surface area contributed by atoms with Gasteiger partial charge in [0.1, 0.15) is 0 Å². The molecule has 2 heterocycles. The molecule has 3 nitrogen and oxygen atoms in total. The quantitative estimate of drug-likeness (QED) is 0.810. The summed E-state index contributed by atoms with van der Waals surface area (Å²) < 4.78 is 0. The van der Waals surface area contributed by atoms with Gasteiger partial charge in [0.05, 0.1) is 18.0 Å². The number of aromatic nitrogens is 1. The van der Waals surface area contributed by atoms with Crippen molar-refractivity contribution in [3.8, 4) is 0 Å². The number of rotatable bonds is 1. The van der Waals surface area contributed by atoms with E-state index in [-0.39, 0.29) is 11.5 Å². The summed E-state index contributed by atoms with van der Waals surface area (Å²) in [6.07, 6.45) is 3.56. The Morgan fingerprint density at radius 1 is 1.24 bits per heavy atom. The molecule has 2 rings (SSSR count). The SMILES string of the molecule is CC(C)(C)c1ccc(N2CCC(O)CC2)cn1. The van der Waals surface area contributed by atoms with Gasteiger partial charge in [0.2, 0.25) is 0 Å². The summed E-state index contributed by atoms with van der Waals surface area (Å²) in [6.45, 7) is 8.38. The van der Waals surface area contributed by atoms with E-state index < -0.39 is 0 Å². The highest BCUT2D eigenvalue weighted by atomic mass is 16.3. The predicted octanol–water partition coefficient (Wildman–Crippen LogP) is 2.34. The first-order valence-corrected chi connectivity index (χ1v) is 6.36. The highest BCUT2D eigenvalue weighted by Crippen LogP contribution is 2.24. The minimum atomic E-state index is -0.118. The third kappa shape index (κ3) is 2.97. The molecule has 0 unspecified atom stereocenters. The van der Waals surface area contributed by atoms with Crippen molar-refractivity contribution in [1.29, 1.82) is 0 Å². The Morgan fingerprint density at radius 2 is 1.88 bits per heavy atom. The Hall–Kier alpha value is -1.09. The molecule has 0 amide bonds. The molecule has 1 saturated heterocycles. The Balaban J connectivity index is 2.08. The van der Waals surface area contributed by atoms with Crippen LogP contribution < -0.4 is 4.90 Å². The van der Waals surface area contributed by atoms with Crippen molar-refractivity contribution < 1.29 is 5.11 Å². The molecule has 94 valence electrons. The summed E-state index contributed by atoms with van der Waals surface area (Å²) >= 11 is 0. The maximum atomic E-state index is 9.48. The zero-order valence-corrected chi connectivity index (χ0v) is 11.0. The van der Waals surface area contributed by atoms with Crippen molar-refractivity contribution in [3.05, 3.63) is 24.0 Å². The van der Waals surface area contributed by atoms with Gasteiger partial charge in [-0.2, -0.15) is 0 Å². The fraction of sp³-hybridized carbons (Fsp3) is 0.643. The second-order valence-corrected chi connectivity index (χ2v) is 5.87. The highest BCUT2D eigenvalue weighted by Gasteiger charge is 2.19. The first-order chi connectivity index (χ1) is 7.97. The minimum Gasteiger partial charge on any atom is -0.393 e. The van der Waals surface area contributed by atoms with Crippen molar-refractivity contribution in [1.82, 2.24) is 4.98 Å². The van der Waals surface area contributed by atoms with Crippen LogP contribution in [0.1, 0.15) is 39.3 Å². The van der Waals surface area contributed by atoms with Crippen LogP contribution in [0.2, 0.25) is 0 Å². The van der Waals surface area contributed by atoms with Crippen LogP contribution in [0.3, 0.4) is 0 Å². The van der Waals surface area contributed by atoms with E-state index in [1.807, 2.05) is 6.20 Å². The molecular weight excluding hydrogens is 212 g/mol. The monoisotopic (exact) mass is 234 g/mol. The fourth-order valence-electron chi connectivity index (χ4n) is 2.14. The zero-order valence-electron chi connectivity index (χ0n) is 11.0. The molecule has 0 atom stereocenters. The third-order valence-electron chi connectivity index (χ3n) is 3.35. The molecule has 1 aromatic heterocycles. The summed E-state index contributed by atoms with van der Waals surface area (Å²) in [5, 5.41) is 9.48. The molecular formula is C14H22N2O. The number of piperidine rings is 1. The van der Waals surface area contributed by atoms with Crippen LogP contribution in [0, 0.1) is 0 Å². The summed E-state index contributed by atoms with van der Waals surface area (Å²) in [5.41, 5.74) is 2.40. The fourth-order valence-corrected chi connectivity index (χ4v) is 2.14. The van der Waals surface area contributed by atoms with Gasteiger partial charge in [-0.3, -0.25) is 4.98 Å². The van der Waals surface area contributed by atoms with Gasteiger partial charge < -0.3 is 10.0 Å². The van der Waals surface area contributed by atoms with Crippen LogP contribution in [0.15, 0.2) is 18.3 Å². The average Bonchev–Trinajstić information content (AvgIpc) is 2.29. The zero-order chi connectivity index (χ0) is 12.5. The Kier molecular flexibility index (Phi) is 3.38. The maximum absolute atomic E-state index is 9.48. The number of anilines is 1. The van der Waals surface area contributed by atoms with Crippen molar-refractivity contribution >= 4 is 5.69 Å². The predicted molar refractivity (Wildman–Crippen MR) is 70.4 cm³/mol. The van der Waals surface area contributed by atoms with E-state index >= 15 is 0 Å². The van der Waals surface area contributed by atoms with Gasteiger partial charge in [0, 0.05) is 24.2 Å². The normalized spacial score (nSPS) is 18.5. The summed E-state index contributed by atoms with van der Waals surface area (Å²) in [4.78, 5) is 6.84. The van der Waals surface area contributed by atoms with Crippen molar-refractivity contribution in [2.75, 3.05) is 18.0 Å². The van der Waals surface area contributed by atoms with E-state index in [1.165, 1.54) is 5.69 Å². The lowest BCUT2D eigenvalue weighted by atomic mass is 9.91. The molecule has 0 bridgehead atoms. The molecule has 1 aromatic rings. The molecule has 1 aliphatic heterocycles. The Labute approximate surface area is 103 Å². The summed E-state index contributed by atoms with van der Waals surface area (Å²) in [5.74, 6) is 0. The number of aliphatic hydroxyl groups excluding tert-OH is 1. The minimum absolute atomic E-state index is 0.108. The average molecular weight is 234 g/mol. The van der Waals surface area contributed by atoms with Gasteiger partial charge in [-0.1, -0.05) is 20.8 Å². The largest absolute Gasteiger partial charge is 0.393 e. The summed E-state index contributed by atoms with van der Waals surface area (Å²) in [7, 11) is 0. The van der Waals surface area contributed by atoms with Crippen molar-refractivity contribution in [2.24, 2.45) is 0 Å². The number of hydrogen-bond acceptors (Lipinski definition) is 3. The van der Waals surface area contributed by atoms with E-state index in [1.54, 1.807) is 0 Å². The molecule has 0 radical (unpaired) electrons. The van der Waals surface area contributed by atoms with Gasteiger partial charge in [0.25, 0.3) is 0 Å². The molecule has 0 aliphatic carbocycles. The standard InChI is InChI=1S/C14H22N2O/c1-14(2,3)13-5-4-11(10-15-13)16-8-6-12(17)7-9-16/h4-5,10,12,17H,6-9H2,1-3H3. The number of aliphatic hydroxyl groups is 1. The van der Waals surface area contributed by atoms with Crippen LogP contribution in [0.25, 0.3) is 0 Å². The summed E-state index contributed by atoms with van der Waals surface area (Å²) in [6, 6.07) is 4.26. The Morgan fingerprint density at radius 3 is 2.35 bits per heavy atom. The lowest BCUT2D eigenvalue weighted by Gasteiger charge is -2.31. The molecule has 1 fully saturated rings. The first kappa shape index (κ1) is 12.4. The second-order valence-electron chi connectivity index (χ2n) is 5.87.